The lowest BCUT2D eigenvalue weighted by atomic mass is 10.1. The van der Waals surface area contributed by atoms with Gasteiger partial charge in [0, 0.05) is 5.41 Å². The van der Waals surface area contributed by atoms with Crippen molar-refractivity contribution in [3.63, 3.8) is 0 Å². The molecular weight excluding hydrogens is 498 g/mol. The number of carbonyl (C=O) groups is 1. The number of rotatable bonds is 9. The zero-order chi connectivity index (χ0) is 26.5. The molecule has 1 N–H and O–H groups in total. The number of aryl methyl sites for hydroxylation is 1. The van der Waals surface area contributed by atoms with E-state index in [-0.39, 0.29) is 11.4 Å². The number of thioether (sulfide) groups is 1. The number of amides is 1. The van der Waals surface area contributed by atoms with Crippen molar-refractivity contribution in [2.75, 3.05) is 19.8 Å². The van der Waals surface area contributed by atoms with Crippen molar-refractivity contribution in [2.45, 2.75) is 13.8 Å². The second-order valence-corrected chi connectivity index (χ2v) is 9.41. The molecule has 5 rings (SSSR count). The van der Waals surface area contributed by atoms with Crippen LogP contribution in [0.2, 0.25) is 0 Å². The van der Waals surface area contributed by atoms with Gasteiger partial charge in [-0.25, -0.2) is 0 Å². The number of amidine groups is 2. The van der Waals surface area contributed by atoms with E-state index in [1.165, 1.54) is 17.3 Å². The maximum atomic E-state index is 12.9. The van der Waals surface area contributed by atoms with E-state index in [1.807, 2.05) is 79.9 Å². The van der Waals surface area contributed by atoms with E-state index in [4.69, 9.17) is 19.6 Å². The summed E-state index contributed by atoms with van der Waals surface area (Å²) in [6.45, 7) is 5.11. The average Bonchev–Trinajstić information content (AvgIpc) is 3.35. The number of carbonyl (C=O) groups excluding carboxylic acids is 1. The van der Waals surface area contributed by atoms with Crippen LogP contribution in [-0.4, -0.2) is 41.6 Å². The molecule has 3 aromatic carbocycles. The van der Waals surface area contributed by atoms with Crippen molar-refractivity contribution >= 4 is 40.4 Å². The van der Waals surface area contributed by atoms with Crippen molar-refractivity contribution < 1.29 is 19.0 Å². The highest BCUT2D eigenvalue weighted by Gasteiger charge is 2.36. The van der Waals surface area contributed by atoms with Gasteiger partial charge in [-0.05, 0) is 55.3 Å². The van der Waals surface area contributed by atoms with Crippen LogP contribution in [0.3, 0.4) is 0 Å². The number of aliphatic imine (C=N–C) groups is 1. The molecule has 38 heavy (non-hydrogen) atoms. The predicted octanol–water partition coefficient (Wildman–Crippen LogP) is 6.16. The van der Waals surface area contributed by atoms with E-state index in [2.05, 4.69) is 4.99 Å². The summed E-state index contributed by atoms with van der Waals surface area (Å²) in [5, 5.41) is 11.2. The number of nitrogens with one attached hydrogen (secondary N) is 1. The molecule has 2 aliphatic heterocycles. The molecule has 0 aromatic heterocycles. The molecule has 0 unspecified atom stereocenters. The van der Waals surface area contributed by atoms with Crippen molar-refractivity contribution in [1.82, 2.24) is 4.90 Å². The van der Waals surface area contributed by atoms with Gasteiger partial charge >= 0.3 is 0 Å². The lowest BCUT2D eigenvalue weighted by Gasteiger charge is -2.27. The first kappa shape index (κ1) is 25.4. The van der Waals surface area contributed by atoms with Crippen LogP contribution in [0.5, 0.6) is 17.2 Å². The first-order valence-electron chi connectivity index (χ1n) is 12.3. The summed E-state index contributed by atoms with van der Waals surface area (Å²) in [4.78, 5) is 18.8. The highest BCUT2D eigenvalue weighted by atomic mass is 32.2. The Kier molecular flexibility index (Phi) is 7.60. The number of nitrogens with zero attached hydrogens (tertiary/aromatic N) is 2. The maximum Gasteiger partial charge on any atom is 0.283 e. The van der Waals surface area contributed by atoms with E-state index >= 15 is 0 Å². The number of hydrogen-bond acceptors (Lipinski definition) is 6. The molecule has 0 saturated heterocycles. The zero-order valence-corrected chi connectivity index (χ0v) is 22.0. The van der Waals surface area contributed by atoms with Gasteiger partial charge in [-0.15, -0.1) is 0 Å². The Morgan fingerprint density at radius 1 is 0.947 bits per heavy atom. The monoisotopic (exact) mass is 525 g/mol. The molecule has 2 aliphatic rings. The van der Waals surface area contributed by atoms with Gasteiger partial charge in [0.2, 0.25) is 0 Å². The summed E-state index contributed by atoms with van der Waals surface area (Å²) in [5.74, 6) is 1.57. The van der Waals surface area contributed by atoms with Gasteiger partial charge < -0.3 is 14.2 Å². The number of fused-ring (bicyclic) bond motifs is 1. The summed E-state index contributed by atoms with van der Waals surface area (Å²) in [7, 11) is 0. The molecule has 7 nitrogen and oxygen atoms in total. The number of hydrogen-bond donors (Lipinski definition) is 1. The van der Waals surface area contributed by atoms with Crippen LogP contribution >= 0.6 is 11.8 Å². The Hall–Kier alpha value is -4.30. The van der Waals surface area contributed by atoms with Crippen molar-refractivity contribution in [3.8, 4) is 17.2 Å². The predicted molar refractivity (Wildman–Crippen MR) is 152 cm³/mol. The summed E-state index contributed by atoms with van der Waals surface area (Å²) < 4.78 is 17.5. The van der Waals surface area contributed by atoms with E-state index in [9.17, 15) is 4.79 Å². The lowest BCUT2D eigenvalue weighted by molar-refractivity contribution is -0.114. The third-order valence-electron chi connectivity index (χ3n) is 5.89. The Labute approximate surface area is 225 Å². The minimum atomic E-state index is -0.442. The average molecular weight is 526 g/mol. The number of ether oxygens (including phenoxy) is 3. The third-order valence-corrected chi connectivity index (χ3v) is 6.72. The molecule has 0 atom stereocenters. The quantitative estimate of drug-likeness (QED) is 0.266. The van der Waals surface area contributed by atoms with Crippen LogP contribution in [0.4, 0.5) is 0 Å². The first-order valence-corrected chi connectivity index (χ1v) is 13.2. The SMILES string of the molecule is CCOc1cc(/C=C2/C(=N)N3C(c4ccccc4)=CSC3=NC2=O)ccc1OCCOc1ccc(C)cc1. The molecule has 0 bridgehead atoms. The molecule has 0 aliphatic carbocycles. The topological polar surface area (TPSA) is 84.2 Å². The summed E-state index contributed by atoms with van der Waals surface area (Å²) >= 11 is 1.34. The molecule has 3 aromatic rings. The van der Waals surface area contributed by atoms with Gasteiger partial charge in [0.25, 0.3) is 5.91 Å². The molecule has 0 spiro atoms. The molecular formula is C30H27N3O4S. The van der Waals surface area contributed by atoms with Gasteiger partial charge in [0.05, 0.1) is 17.9 Å². The fourth-order valence-electron chi connectivity index (χ4n) is 4.03. The molecule has 0 radical (unpaired) electrons. The third kappa shape index (κ3) is 5.50. The summed E-state index contributed by atoms with van der Waals surface area (Å²) in [5.41, 5.74) is 3.87. The molecule has 0 fully saturated rings. The van der Waals surface area contributed by atoms with Crippen LogP contribution in [0.15, 0.2) is 88.8 Å². The fourth-order valence-corrected chi connectivity index (χ4v) is 4.92. The van der Waals surface area contributed by atoms with Crippen molar-refractivity contribution in [2.24, 2.45) is 4.99 Å². The Bertz CT molecular complexity index is 1450. The standard InChI is InChI=1S/C30H27N3O4S/c1-3-35-27-18-21(11-14-26(27)37-16-15-36-23-12-9-20(2)10-13-23)17-24-28(31)33-25(22-7-5-4-6-8-22)19-38-30(33)32-29(24)34/h4-14,17-19,31H,3,15-16H2,1-2H3/b24-17-,31-28?. The van der Waals surface area contributed by atoms with Crippen LogP contribution in [0, 0.1) is 12.3 Å². The van der Waals surface area contributed by atoms with E-state index in [0.717, 1.165) is 17.0 Å². The minimum Gasteiger partial charge on any atom is -0.490 e. The number of benzene rings is 3. The summed E-state index contributed by atoms with van der Waals surface area (Å²) in [6.07, 6.45) is 1.67. The van der Waals surface area contributed by atoms with E-state index in [1.54, 1.807) is 23.1 Å². The second-order valence-electron chi connectivity index (χ2n) is 8.58. The van der Waals surface area contributed by atoms with Gasteiger partial charge in [-0.2, -0.15) is 4.99 Å². The molecule has 8 heteroatoms. The smallest absolute Gasteiger partial charge is 0.283 e. The second kappa shape index (κ2) is 11.4. The Morgan fingerprint density at radius 3 is 2.47 bits per heavy atom. The first-order chi connectivity index (χ1) is 18.5. The molecule has 0 saturated carbocycles. The molecule has 192 valence electrons. The van der Waals surface area contributed by atoms with Crippen molar-refractivity contribution in [1.29, 1.82) is 5.41 Å². The minimum absolute atomic E-state index is 0.0895. The van der Waals surface area contributed by atoms with E-state index in [0.29, 0.717) is 42.1 Å². The van der Waals surface area contributed by atoms with Crippen LogP contribution in [0.25, 0.3) is 11.8 Å². The molecule has 1 amide bonds. The van der Waals surface area contributed by atoms with E-state index < -0.39 is 5.91 Å². The van der Waals surface area contributed by atoms with Crippen LogP contribution < -0.4 is 14.2 Å². The highest BCUT2D eigenvalue weighted by Crippen LogP contribution is 2.37. The van der Waals surface area contributed by atoms with Gasteiger partial charge in [0.15, 0.2) is 16.7 Å². The Morgan fingerprint density at radius 2 is 1.71 bits per heavy atom. The summed E-state index contributed by atoms with van der Waals surface area (Å²) in [6, 6.07) is 23.1. The highest BCUT2D eigenvalue weighted by molar-refractivity contribution is 8.17. The Balaban J connectivity index is 1.32. The van der Waals surface area contributed by atoms with Crippen molar-refractivity contribution in [3.05, 3.63) is 100 Å². The van der Waals surface area contributed by atoms with Gasteiger partial charge in [-0.1, -0.05) is 65.9 Å². The lowest BCUT2D eigenvalue weighted by Crippen LogP contribution is -2.38. The zero-order valence-electron chi connectivity index (χ0n) is 21.1. The van der Waals surface area contributed by atoms with Crippen LogP contribution in [-0.2, 0) is 4.79 Å². The van der Waals surface area contributed by atoms with Gasteiger partial charge in [-0.3, -0.25) is 15.1 Å². The largest absolute Gasteiger partial charge is 0.490 e. The normalized spacial score (nSPS) is 15.7. The molecule has 2 heterocycles. The fraction of sp³-hybridized carbons (Fsp3) is 0.167. The van der Waals surface area contributed by atoms with Crippen LogP contribution in [0.1, 0.15) is 23.6 Å². The maximum absolute atomic E-state index is 12.9. The van der Waals surface area contributed by atoms with Gasteiger partial charge in [0.1, 0.15) is 24.8 Å².